The van der Waals surface area contributed by atoms with Crippen molar-refractivity contribution in [2.24, 2.45) is 17.4 Å². The molecule has 13 heteroatoms. The summed E-state index contributed by atoms with van der Waals surface area (Å²) in [6, 6.07) is -4.98. The van der Waals surface area contributed by atoms with Crippen molar-refractivity contribution in [2.45, 2.75) is 57.3 Å². The van der Waals surface area contributed by atoms with E-state index < -0.39 is 66.8 Å². The Hall–Kier alpha value is -2.38. The van der Waals surface area contributed by atoms with Gasteiger partial charge in [0.1, 0.15) is 18.1 Å². The van der Waals surface area contributed by atoms with E-state index in [2.05, 4.69) is 16.0 Å². The largest absolute Gasteiger partial charge is 0.480 e. The lowest BCUT2D eigenvalue weighted by Gasteiger charge is -2.25. The van der Waals surface area contributed by atoms with Crippen LogP contribution < -0.4 is 27.4 Å². The van der Waals surface area contributed by atoms with E-state index in [0.29, 0.717) is 12.2 Å². The van der Waals surface area contributed by atoms with Gasteiger partial charge in [0.2, 0.25) is 23.6 Å². The molecule has 4 amide bonds. The first-order valence-corrected chi connectivity index (χ1v) is 11.1. The molecule has 178 valence electrons. The maximum absolute atomic E-state index is 12.7. The highest BCUT2D eigenvalue weighted by Gasteiger charge is 2.31. The van der Waals surface area contributed by atoms with Gasteiger partial charge in [-0.3, -0.25) is 19.2 Å². The standard InChI is InChI=1S/C18H33N5O7S/c1-4-9(2)14(20)17(28)22-11(7-13(19)25)16(27)21-10(5-6-31-3)15(26)23-12(8-24)18(29)30/h9-12,14,24H,4-8,20H2,1-3H3,(H2,19,25)(H,21,27)(H,22,28)(H,23,26)(H,29,30). The SMILES string of the molecule is CCC(C)C(N)C(=O)NC(CC(N)=O)C(=O)NC(CCSC)C(=O)NC(CO)C(=O)O. The van der Waals surface area contributed by atoms with E-state index in [4.69, 9.17) is 21.7 Å². The topological polar surface area (TPSA) is 214 Å². The van der Waals surface area contributed by atoms with Crippen LogP contribution in [0.25, 0.3) is 0 Å². The van der Waals surface area contributed by atoms with Gasteiger partial charge in [0.05, 0.1) is 19.1 Å². The van der Waals surface area contributed by atoms with Gasteiger partial charge in [0.15, 0.2) is 0 Å². The summed E-state index contributed by atoms with van der Waals surface area (Å²) in [5, 5.41) is 25.0. The first-order valence-electron chi connectivity index (χ1n) is 9.75. The number of hydrogen-bond donors (Lipinski definition) is 7. The maximum Gasteiger partial charge on any atom is 0.328 e. The lowest BCUT2D eigenvalue weighted by molar-refractivity contribution is -0.143. The zero-order valence-corrected chi connectivity index (χ0v) is 18.7. The van der Waals surface area contributed by atoms with Crippen LogP contribution in [0.5, 0.6) is 0 Å². The zero-order chi connectivity index (χ0) is 24.1. The van der Waals surface area contributed by atoms with E-state index in [1.807, 2.05) is 6.92 Å². The number of hydrogen-bond acceptors (Lipinski definition) is 8. The first-order chi connectivity index (χ1) is 14.5. The van der Waals surface area contributed by atoms with Gasteiger partial charge in [-0.05, 0) is 24.3 Å². The molecule has 0 spiro atoms. The Balaban J connectivity index is 5.42. The highest BCUT2D eigenvalue weighted by Crippen LogP contribution is 2.07. The number of rotatable bonds is 15. The molecule has 0 radical (unpaired) electrons. The molecule has 0 aromatic rings. The maximum atomic E-state index is 12.7. The molecule has 31 heavy (non-hydrogen) atoms. The van der Waals surface area contributed by atoms with Crippen LogP contribution in [0.2, 0.25) is 0 Å². The smallest absolute Gasteiger partial charge is 0.328 e. The van der Waals surface area contributed by atoms with Crippen molar-refractivity contribution in [3.8, 4) is 0 Å². The normalized spacial score (nSPS) is 15.6. The van der Waals surface area contributed by atoms with Crippen molar-refractivity contribution in [3.05, 3.63) is 0 Å². The number of aliphatic carboxylic acids is 1. The number of carboxylic acids is 1. The number of nitrogens with one attached hydrogen (secondary N) is 3. The summed E-state index contributed by atoms with van der Waals surface area (Å²) in [5.74, 6) is -4.35. The summed E-state index contributed by atoms with van der Waals surface area (Å²) >= 11 is 1.39. The van der Waals surface area contributed by atoms with Gasteiger partial charge >= 0.3 is 5.97 Å². The molecule has 0 aliphatic carbocycles. The third-order valence-corrected chi connectivity index (χ3v) is 5.28. The van der Waals surface area contributed by atoms with Gasteiger partial charge in [-0.1, -0.05) is 20.3 Å². The second-order valence-electron chi connectivity index (χ2n) is 7.07. The van der Waals surface area contributed by atoms with Crippen molar-refractivity contribution in [1.29, 1.82) is 0 Å². The van der Waals surface area contributed by atoms with Crippen molar-refractivity contribution in [3.63, 3.8) is 0 Å². The highest BCUT2D eigenvalue weighted by atomic mass is 32.2. The number of amides is 4. The van der Waals surface area contributed by atoms with Crippen LogP contribution in [0.4, 0.5) is 0 Å². The molecule has 0 heterocycles. The molecule has 12 nitrogen and oxygen atoms in total. The Morgan fingerprint density at radius 3 is 1.94 bits per heavy atom. The van der Waals surface area contributed by atoms with Gasteiger partial charge in [-0.15, -0.1) is 0 Å². The molecular formula is C18H33N5O7S. The Bertz CT molecular complexity index is 649. The van der Waals surface area contributed by atoms with E-state index in [9.17, 15) is 24.0 Å². The van der Waals surface area contributed by atoms with Gasteiger partial charge in [-0.25, -0.2) is 4.79 Å². The third-order valence-electron chi connectivity index (χ3n) is 4.64. The second kappa shape index (κ2) is 14.6. The fourth-order valence-electron chi connectivity index (χ4n) is 2.43. The van der Waals surface area contributed by atoms with Gasteiger partial charge in [0.25, 0.3) is 0 Å². The summed E-state index contributed by atoms with van der Waals surface area (Å²) in [5.41, 5.74) is 11.0. The zero-order valence-electron chi connectivity index (χ0n) is 17.9. The minimum absolute atomic E-state index is 0.139. The fraction of sp³-hybridized carbons (Fsp3) is 0.722. The van der Waals surface area contributed by atoms with Crippen LogP contribution in [-0.2, 0) is 24.0 Å². The molecule has 0 bridgehead atoms. The van der Waals surface area contributed by atoms with E-state index in [0.717, 1.165) is 0 Å². The van der Waals surface area contributed by atoms with E-state index in [1.165, 1.54) is 11.8 Å². The molecule has 0 aromatic heterocycles. The summed E-state index contributed by atoms with van der Waals surface area (Å²) in [4.78, 5) is 59.9. The summed E-state index contributed by atoms with van der Waals surface area (Å²) < 4.78 is 0. The summed E-state index contributed by atoms with van der Waals surface area (Å²) in [7, 11) is 0. The number of aliphatic hydroxyl groups excluding tert-OH is 1. The monoisotopic (exact) mass is 463 g/mol. The van der Waals surface area contributed by atoms with Gasteiger partial charge in [0, 0.05) is 0 Å². The van der Waals surface area contributed by atoms with Crippen molar-refractivity contribution >= 4 is 41.4 Å². The molecule has 9 N–H and O–H groups in total. The van der Waals surface area contributed by atoms with Gasteiger partial charge in [-0.2, -0.15) is 11.8 Å². The Morgan fingerprint density at radius 1 is 0.968 bits per heavy atom. The molecular weight excluding hydrogens is 430 g/mol. The average molecular weight is 464 g/mol. The Labute approximate surface area is 185 Å². The molecule has 0 saturated carbocycles. The predicted octanol–water partition coefficient (Wildman–Crippen LogP) is -2.48. The van der Waals surface area contributed by atoms with Crippen LogP contribution in [0.3, 0.4) is 0 Å². The van der Waals surface area contributed by atoms with E-state index >= 15 is 0 Å². The first kappa shape index (κ1) is 28.6. The van der Waals surface area contributed by atoms with Gasteiger partial charge < -0.3 is 37.6 Å². The Kier molecular flexibility index (Phi) is 13.5. The lowest BCUT2D eigenvalue weighted by atomic mass is 9.99. The summed E-state index contributed by atoms with van der Waals surface area (Å²) in [6.45, 7) is 2.77. The molecule has 0 rings (SSSR count). The minimum Gasteiger partial charge on any atom is -0.480 e. The van der Waals surface area contributed by atoms with Crippen LogP contribution in [0.15, 0.2) is 0 Å². The molecule has 5 atom stereocenters. The minimum atomic E-state index is -1.55. The number of carbonyl (C=O) groups is 5. The molecule has 0 saturated heterocycles. The number of aliphatic hydroxyl groups is 1. The number of carbonyl (C=O) groups excluding carboxylic acids is 4. The second-order valence-corrected chi connectivity index (χ2v) is 8.05. The number of primary amides is 1. The molecule has 5 unspecified atom stereocenters. The quantitative estimate of drug-likeness (QED) is 0.137. The van der Waals surface area contributed by atoms with Crippen LogP contribution in [0, 0.1) is 5.92 Å². The van der Waals surface area contributed by atoms with Crippen LogP contribution in [-0.4, -0.2) is 82.6 Å². The van der Waals surface area contributed by atoms with Crippen molar-refractivity contribution in [2.75, 3.05) is 18.6 Å². The van der Waals surface area contributed by atoms with E-state index in [-0.39, 0.29) is 12.3 Å². The highest BCUT2D eigenvalue weighted by molar-refractivity contribution is 7.98. The number of thioether (sulfide) groups is 1. The average Bonchev–Trinajstić information content (AvgIpc) is 2.71. The fourth-order valence-corrected chi connectivity index (χ4v) is 2.90. The molecule has 0 aliphatic rings. The molecule has 0 aliphatic heterocycles. The molecule has 0 aromatic carbocycles. The lowest BCUT2D eigenvalue weighted by Crippen LogP contribution is -2.58. The summed E-state index contributed by atoms with van der Waals surface area (Å²) in [6.07, 6.45) is 2.01. The van der Waals surface area contributed by atoms with E-state index in [1.54, 1.807) is 13.2 Å². The van der Waals surface area contributed by atoms with Crippen molar-refractivity contribution in [1.82, 2.24) is 16.0 Å². The van der Waals surface area contributed by atoms with Crippen LogP contribution in [0.1, 0.15) is 33.1 Å². The third kappa shape index (κ3) is 10.5. The Morgan fingerprint density at radius 2 is 1.48 bits per heavy atom. The number of carboxylic acid groups (broad SMARTS) is 1. The molecule has 0 fully saturated rings. The number of nitrogens with two attached hydrogens (primary N) is 2. The predicted molar refractivity (Wildman–Crippen MR) is 115 cm³/mol. The van der Waals surface area contributed by atoms with Crippen molar-refractivity contribution < 1.29 is 34.2 Å². The van der Waals surface area contributed by atoms with Crippen LogP contribution >= 0.6 is 11.8 Å².